The summed E-state index contributed by atoms with van der Waals surface area (Å²) in [5, 5.41) is 12.6. The van der Waals surface area contributed by atoms with E-state index < -0.39 is 10.0 Å². The van der Waals surface area contributed by atoms with Crippen LogP contribution in [0, 0.1) is 13.8 Å². The molecule has 1 N–H and O–H groups in total. The van der Waals surface area contributed by atoms with Crippen LogP contribution in [0.25, 0.3) is 0 Å². The largest absolute Gasteiger partial charge is 0.320 e. The van der Waals surface area contributed by atoms with E-state index >= 15 is 0 Å². The minimum Gasteiger partial charge on any atom is -0.320 e. The summed E-state index contributed by atoms with van der Waals surface area (Å²) >= 11 is 7.20. The lowest BCUT2D eigenvalue weighted by Gasteiger charge is -2.30. The van der Waals surface area contributed by atoms with Crippen LogP contribution >= 0.6 is 22.9 Å². The molecule has 0 aliphatic carbocycles. The standard InChI is InChI=1S/C22H23ClN4O3S2/c1-14-6-7-19(12-15(14)2)32(29,30)27-10-8-16(9-11-27)21-25-26-22(31-21)20(28)24-18-5-3-4-17(23)13-18/h3-7,12-13,16H,8-11H2,1-2H3,(H,24,28). The van der Waals surface area contributed by atoms with Crippen LogP contribution in [0.1, 0.15) is 44.7 Å². The van der Waals surface area contributed by atoms with Gasteiger partial charge in [-0.1, -0.05) is 35.1 Å². The van der Waals surface area contributed by atoms with Gasteiger partial charge in [-0.3, -0.25) is 4.79 Å². The highest BCUT2D eigenvalue weighted by Gasteiger charge is 2.31. The molecule has 2 heterocycles. The molecule has 32 heavy (non-hydrogen) atoms. The Morgan fingerprint density at radius 1 is 1.09 bits per heavy atom. The van der Waals surface area contributed by atoms with E-state index in [4.69, 9.17) is 11.6 Å². The van der Waals surface area contributed by atoms with Gasteiger partial charge in [0, 0.05) is 29.7 Å². The van der Waals surface area contributed by atoms with Gasteiger partial charge in [-0.15, -0.1) is 10.2 Å². The molecule has 0 radical (unpaired) electrons. The van der Waals surface area contributed by atoms with Gasteiger partial charge in [0.2, 0.25) is 15.0 Å². The van der Waals surface area contributed by atoms with Gasteiger partial charge in [-0.05, 0) is 68.1 Å². The van der Waals surface area contributed by atoms with Gasteiger partial charge in [-0.25, -0.2) is 8.42 Å². The molecule has 1 saturated heterocycles. The number of carbonyl (C=O) groups is 1. The summed E-state index contributed by atoms with van der Waals surface area (Å²) in [7, 11) is -3.53. The Hall–Kier alpha value is -2.33. The van der Waals surface area contributed by atoms with Gasteiger partial charge >= 0.3 is 0 Å². The summed E-state index contributed by atoms with van der Waals surface area (Å²) in [5.41, 5.74) is 2.61. The van der Waals surface area contributed by atoms with Crippen molar-refractivity contribution in [1.82, 2.24) is 14.5 Å². The zero-order chi connectivity index (χ0) is 22.9. The van der Waals surface area contributed by atoms with Crippen molar-refractivity contribution in [3.05, 3.63) is 68.6 Å². The molecule has 10 heteroatoms. The first-order valence-electron chi connectivity index (χ1n) is 10.2. The normalized spacial score (nSPS) is 15.6. The van der Waals surface area contributed by atoms with Crippen LogP contribution in [0.3, 0.4) is 0 Å². The Balaban J connectivity index is 1.40. The number of rotatable bonds is 5. The van der Waals surface area contributed by atoms with Crippen LogP contribution in [-0.4, -0.2) is 41.9 Å². The number of hydrogen-bond acceptors (Lipinski definition) is 6. The molecule has 7 nitrogen and oxygen atoms in total. The lowest BCUT2D eigenvalue weighted by atomic mass is 9.99. The molecule has 2 aromatic carbocycles. The molecule has 3 aromatic rings. The topological polar surface area (TPSA) is 92.3 Å². The number of carbonyl (C=O) groups excluding carboxylic acids is 1. The van der Waals surface area contributed by atoms with E-state index in [2.05, 4.69) is 15.5 Å². The smallest absolute Gasteiger partial charge is 0.286 e. The Labute approximate surface area is 196 Å². The number of sulfonamides is 1. The third-order valence-electron chi connectivity index (χ3n) is 5.64. The maximum absolute atomic E-state index is 13.0. The van der Waals surface area contributed by atoms with Crippen molar-refractivity contribution in [3.63, 3.8) is 0 Å². The number of hydrogen-bond donors (Lipinski definition) is 1. The summed E-state index contributed by atoms with van der Waals surface area (Å²) < 4.78 is 27.6. The summed E-state index contributed by atoms with van der Waals surface area (Å²) in [4.78, 5) is 12.8. The maximum Gasteiger partial charge on any atom is 0.286 e. The highest BCUT2D eigenvalue weighted by molar-refractivity contribution is 7.89. The number of nitrogens with one attached hydrogen (secondary N) is 1. The van der Waals surface area contributed by atoms with Crippen molar-refractivity contribution >= 4 is 44.6 Å². The Morgan fingerprint density at radius 3 is 2.53 bits per heavy atom. The van der Waals surface area contributed by atoms with Crippen LogP contribution < -0.4 is 5.32 Å². The van der Waals surface area contributed by atoms with Gasteiger partial charge in [0.1, 0.15) is 5.01 Å². The van der Waals surface area contributed by atoms with E-state index in [0.717, 1.165) is 16.1 Å². The van der Waals surface area contributed by atoms with Crippen LogP contribution in [0.4, 0.5) is 5.69 Å². The SMILES string of the molecule is Cc1ccc(S(=O)(=O)N2CCC(c3nnc(C(=O)Nc4cccc(Cl)c4)s3)CC2)cc1C. The zero-order valence-electron chi connectivity index (χ0n) is 17.7. The minimum absolute atomic E-state index is 0.0754. The fourth-order valence-electron chi connectivity index (χ4n) is 3.61. The van der Waals surface area contributed by atoms with Crippen LogP contribution in [0.2, 0.25) is 5.02 Å². The average Bonchev–Trinajstić information content (AvgIpc) is 3.26. The molecule has 0 unspecified atom stereocenters. The second kappa shape index (κ2) is 9.27. The summed E-state index contributed by atoms with van der Waals surface area (Å²) in [6.45, 7) is 4.69. The van der Waals surface area contributed by atoms with E-state index in [-0.39, 0.29) is 16.8 Å². The van der Waals surface area contributed by atoms with Crippen LogP contribution in [0.5, 0.6) is 0 Å². The molecule has 1 aliphatic heterocycles. The summed E-state index contributed by atoms with van der Waals surface area (Å²) in [6.07, 6.45) is 1.27. The lowest BCUT2D eigenvalue weighted by molar-refractivity contribution is 0.102. The fraction of sp³-hybridized carbons (Fsp3) is 0.318. The molecule has 4 rings (SSSR count). The number of aryl methyl sites for hydroxylation is 2. The molecule has 0 saturated carbocycles. The fourth-order valence-corrected chi connectivity index (χ4v) is 6.26. The van der Waals surface area contributed by atoms with E-state index in [1.54, 1.807) is 36.4 Å². The zero-order valence-corrected chi connectivity index (χ0v) is 20.1. The third-order valence-corrected chi connectivity index (χ3v) is 8.85. The number of halogens is 1. The highest BCUT2D eigenvalue weighted by atomic mass is 35.5. The number of piperidine rings is 1. The predicted octanol–water partition coefficient (Wildman–Crippen LogP) is 4.63. The van der Waals surface area contributed by atoms with Gasteiger partial charge < -0.3 is 5.32 Å². The van der Waals surface area contributed by atoms with Gasteiger partial charge in [0.05, 0.1) is 4.90 Å². The Bertz CT molecular complexity index is 1250. The molecule has 1 amide bonds. The second-order valence-electron chi connectivity index (χ2n) is 7.83. The molecule has 168 valence electrons. The number of aromatic nitrogens is 2. The molecular weight excluding hydrogens is 468 g/mol. The van der Waals surface area contributed by atoms with E-state index in [1.807, 2.05) is 19.9 Å². The molecule has 1 aromatic heterocycles. The van der Waals surface area contributed by atoms with E-state index in [1.165, 1.54) is 15.6 Å². The maximum atomic E-state index is 13.0. The lowest BCUT2D eigenvalue weighted by Crippen LogP contribution is -2.37. The van der Waals surface area contributed by atoms with Crippen LogP contribution in [0.15, 0.2) is 47.4 Å². The third kappa shape index (κ3) is 4.85. The molecule has 1 fully saturated rings. The van der Waals surface area contributed by atoms with Crippen molar-refractivity contribution in [2.45, 2.75) is 37.5 Å². The first kappa shape index (κ1) is 22.8. The number of nitrogens with zero attached hydrogens (tertiary/aromatic N) is 3. The van der Waals surface area contributed by atoms with Gasteiger partial charge in [-0.2, -0.15) is 4.31 Å². The molecular formula is C22H23ClN4O3S2. The summed E-state index contributed by atoms with van der Waals surface area (Å²) in [5.74, 6) is -0.266. The van der Waals surface area contributed by atoms with E-state index in [9.17, 15) is 13.2 Å². The average molecular weight is 491 g/mol. The molecule has 0 atom stereocenters. The molecule has 1 aliphatic rings. The van der Waals surface area contributed by atoms with Crippen LogP contribution in [-0.2, 0) is 10.0 Å². The first-order valence-corrected chi connectivity index (χ1v) is 12.9. The Morgan fingerprint density at radius 2 is 1.84 bits per heavy atom. The monoisotopic (exact) mass is 490 g/mol. The van der Waals surface area contributed by atoms with Gasteiger partial charge in [0.15, 0.2) is 0 Å². The number of amides is 1. The van der Waals surface area contributed by atoms with E-state index in [0.29, 0.717) is 41.5 Å². The van der Waals surface area contributed by atoms with Crippen molar-refractivity contribution in [2.75, 3.05) is 18.4 Å². The Kier molecular flexibility index (Phi) is 6.62. The van der Waals surface area contributed by atoms with Gasteiger partial charge in [0.25, 0.3) is 5.91 Å². The quantitative estimate of drug-likeness (QED) is 0.563. The first-order chi connectivity index (χ1) is 15.2. The van der Waals surface area contributed by atoms with Crippen molar-refractivity contribution in [2.24, 2.45) is 0 Å². The van der Waals surface area contributed by atoms with Crippen molar-refractivity contribution in [1.29, 1.82) is 0 Å². The van der Waals surface area contributed by atoms with Crippen molar-refractivity contribution < 1.29 is 13.2 Å². The number of anilines is 1. The van der Waals surface area contributed by atoms with Crippen molar-refractivity contribution in [3.8, 4) is 0 Å². The minimum atomic E-state index is -3.53. The second-order valence-corrected chi connectivity index (χ2v) is 11.2. The molecule has 0 spiro atoms. The molecule has 0 bridgehead atoms. The highest BCUT2D eigenvalue weighted by Crippen LogP contribution is 2.33. The summed E-state index contributed by atoms with van der Waals surface area (Å²) in [6, 6.07) is 12.1. The predicted molar refractivity (Wildman–Crippen MR) is 126 cm³/mol. The number of benzene rings is 2.